The van der Waals surface area contributed by atoms with Crippen LogP contribution in [0.15, 0.2) is 30.5 Å². The van der Waals surface area contributed by atoms with Crippen molar-refractivity contribution >= 4 is 5.91 Å². The van der Waals surface area contributed by atoms with Gasteiger partial charge in [0.2, 0.25) is 0 Å². The van der Waals surface area contributed by atoms with Crippen molar-refractivity contribution in [1.82, 2.24) is 14.7 Å². The van der Waals surface area contributed by atoms with E-state index in [1.807, 2.05) is 45.2 Å². The van der Waals surface area contributed by atoms with E-state index in [0.717, 1.165) is 17.2 Å². The molecule has 0 spiro atoms. The molecule has 1 aliphatic rings. The summed E-state index contributed by atoms with van der Waals surface area (Å²) in [4.78, 5) is 14.5. The van der Waals surface area contributed by atoms with Crippen LogP contribution in [0.5, 0.6) is 11.5 Å². The fraction of sp³-hybridized carbons (Fsp3) is 0.412. The van der Waals surface area contributed by atoms with Gasteiger partial charge in [0.1, 0.15) is 6.61 Å². The molecule has 0 saturated carbocycles. The predicted octanol–water partition coefficient (Wildman–Crippen LogP) is 2.03. The van der Waals surface area contributed by atoms with E-state index >= 15 is 0 Å². The van der Waals surface area contributed by atoms with E-state index in [2.05, 4.69) is 5.10 Å². The molecule has 0 fully saturated rings. The molecule has 1 amide bonds. The smallest absolute Gasteiger partial charge is 0.257 e. The third-order valence-electron chi connectivity index (χ3n) is 4.13. The lowest BCUT2D eigenvalue weighted by Crippen LogP contribution is -2.43. The molecule has 1 unspecified atom stereocenters. The molecule has 2 aromatic rings. The molecule has 0 N–H and O–H groups in total. The minimum absolute atomic E-state index is 0.0273. The first-order chi connectivity index (χ1) is 11.1. The molecule has 1 aromatic heterocycles. The van der Waals surface area contributed by atoms with E-state index in [4.69, 9.17) is 9.47 Å². The Kier molecular flexibility index (Phi) is 4.23. The average molecular weight is 315 g/mol. The fourth-order valence-corrected chi connectivity index (χ4v) is 2.63. The summed E-state index contributed by atoms with van der Waals surface area (Å²) in [6, 6.07) is 7.58. The fourth-order valence-electron chi connectivity index (χ4n) is 2.63. The number of aromatic nitrogens is 2. The van der Waals surface area contributed by atoms with Gasteiger partial charge in [-0.2, -0.15) is 5.10 Å². The number of ether oxygens (including phenoxy) is 2. The van der Waals surface area contributed by atoms with Crippen molar-refractivity contribution in [2.75, 3.05) is 19.7 Å². The Balaban J connectivity index is 1.71. The quantitative estimate of drug-likeness (QED) is 0.866. The van der Waals surface area contributed by atoms with E-state index in [9.17, 15) is 4.79 Å². The van der Waals surface area contributed by atoms with Gasteiger partial charge in [-0.05, 0) is 26.0 Å². The van der Waals surface area contributed by atoms with Crippen molar-refractivity contribution in [3.8, 4) is 11.5 Å². The first kappa shape index (κ1) is 15.4. The van der Waals surface area contributed by atoms with Crippen LogP contribution in [0.25, 0.3) is 0 Å². The molecular weight excluding hydrogens is 294 g/mol. The van der Waals surface area contributed by atoms with E-state index in [0.29, 0.717) is 25.3 Å². The highest BCUT2D eigenvalue weighted by Gasteiger charge is 2.26. The van der Waals surface area contributed by atoms with Crippen molar-refractivity contribution in [1.29, 1.82) is 0 Å². The van der Waals surface area contributed by atoms with Crippen molar-refractivity contribution in [2.24, 2.45) is 7.05 Å². The Hall–Kier alpha value is -2.50. The zero-order chi connectivity index (χ0) is 16.4. The highest BCUT2D eigenvalue weighted by atomic mass is 16.6. The van der Waals surface area contributed by atoms with Crippen molar-refractivity contribution in [3.63, 3.8) is 0 Å². The molecule has 1 aromatic carbocycles. The molecule has 0 bridgehead atoms. The third-order valence-corrected chi connectivity index (χ3v) is 4.13. The number of benzene rings is 1. The number of aryl methyl sites for hydroxylation is 1. The Morgan fingerprint density at radius 2 is 2.13 bits per heavy atom. The average Bonchev–Trinajstić information content (AvgIpc) is 2.91. The van der Waals surface area contributed by atoms with E-state index < -0.39 is 0 Å². The van der Waals surface area contributed by atoms with Gasteiger partial charge in [0, 0.05) is 19.3 Å². The van der Waals surface area contributed by atoms with Gasteiger partial charge in [-0.3, -0.25) is 9.48 Å². The Bertz CT molecular complexity index is 711. The largest absolute Gasteiger partial charge is 0.486 e. The molecule has 3 rings (SSSR count). The maximum atomic E-state index is 12.7. The number of carbonyl (C=O) groups excluding carboxylic acids is 1. The number of para-hydroxylation sites is 2. The van der Waals surface area contributed by atoms with Crippen LogP contribution >= 0.6 is 0 Å². The van der Waals surface area contributed by atoms with E-state index in [1.165, 1.54) is 0 Å². The number of nitrogens with zero attached hydrogens (tertiary/aromatic N) is 3. The second-order valence-corrected chi connectivity index (χ2v) is 5.61. The third kappa shape index (κ3) is 3.02. The van der Waals surface area contributed by atoms with Crippen molar-refractivity contribution in [3.05, 3.63) is 41.7 Å². The maximum absolute atomic E-state index is 12.7. The van der Waals surface area contributed by atoms with Crippen LogP contribution in [-0.2, 0) is 7.05 Å². The lowest BCUT2D eigenvalue weighted by atomic mass is 10.2. The Morgan fingerprint density at radius 1 is 1.39 bits per heavy atom. The van der Waals surface area contributed by atoms with Gasteiger partial charge in [0.05, 0.1) is 18.3 Å². The van der Waals surface area contributed by atoms with Gasteiger partial charge in [0.25, 0.3) is 5.91 Å². The monoisotopic (exact) mass is 315 g/mol. The van der Waals surface area contributed by atoms with Gasteiger partial charge >= 0.3 is 0 Å². The summed E-state index contributed by atoms with van der Waals surface area (Å²) in [5.41, 5.74) is 1.49. The normalized spacial score (nSPS) is 16.2. The summed E-state index contributed by atoms with van der Waals surface area (Å²) in [6.45, 7) is 5.38. The summed E-state index contributed by atoms with van der Waals surface area (Å²) in [6.07, 6.45) is 1.44. The minimum Gasteiger partial charge on any atom is -0.486 e. The van der Waals surface area contributed by atoms with Crippen LogP contribution in [0.3, 0.4) is 0 Å². The Labute approximate surface area is 135 Å². The molecule has 0 aliphatic carbocycles. The highest BCUT2D eigenvalue weighted by molar-refractivity contribution is 5.95. The SMILES string of the molecule is CCN(CC1COc2ccccc2O1)C(=O)c1cnn(C)c1C. The Morgan fingerprint density at radius 3 is 2.78 bits per heavy atom. The minimum atomic E-state index is -0.175. The highest BCUT2D eigenvalue weighted by Crippen LogP contribution is 2.31. The number of fused-ring (bicyclic) bond motifs is 1. The lowest BCUT2D eigenvalue weighted by molar-refractivity contribution is 0.0474. The number of carbonyl (C=O) groups is 1. The number of hydrogen-bond donors (Lipinski definition) is 0. The van der Waals surface area contributed by atoms with E-state index in [1.54, 1.807) is 15.8 Å². The topological polar surface area (TPSA) is 56.6 Å². The summed E-state index contributed by atoms with van der Waals surface area (Å²) in [7, 11) is 1.83. The zero-order valence-electron chi connectivity index (χ0n) is 13.7. The van der Waals surface area contributed by atoms with Gasteiger partial charge in [-0.15, -0.1) is 0 Å². The maximum Gasteiger partial charge on any atom is 0.257 e. The first-order valence-electron chi connectivity index (χ1n) is 7.76. The molecule has 0 saturated heterocycles. The second-order valence-electron chi connectivity index (χ2n) is 5.61. The molecule has 2 heterocycles. The molecule has 1 aliphatic heterocycles. The lowest BCUT2D eigenvalue weighted by Gasteiger charge is -2.30. The summed E-state index contributed by atoms with van der Waals surface area (Å²) in [5.74, 6) is 1.45. The van der Waals surface area contributed by atoms with Gasteiger partial charge < -0.3 is 14.4 Å². The van der Waals surface area contributed by atoms with Gasteiger partial charge in [-0.1, -0.05) is 12.1 Å². The number of hydrogen-bond acceptors (Lipinski definition) is 4. The number of amides is 1. The summed E-state index contributed by atoms with van der Waals surface area (Å²) in [5, 5.41) is 4.14. The second kappa shape index (κ2) is 6.32. The standard InChI is InChI=1S/C17H21N3O3/c1-4-20(17(21)14-9-18-19(3)12(14)2)10-13-11-22-15-7-5-6-8-16(15)23-13/h5-9,13H,4,10-11H2,1-3H3. The van der Waals surface area contributed by atoms with E-state index in [-0.39, 0.29) is 12.0 Å². The van der Waals surface area contributed by atoms with Crippen LogP contribution < -0.4 is 9.47 Å². The number of likely N-dealkylation sites (N-methyl/N-ethyl adjacent to an activating group) is 1. The predicted molar refractivity (Wildman–Crippen MR) is 85.9 cm³/mol. The van der Waals surface area contributed by atoms with Crippen molar-refractivity contribution < 1.29 is 14.3 Å². The van der Waals surface area contributed by atoms with Crippen LogP contribution in [0.4, 0.5) is 0 Å². The molecule has 1 atom stereocenters. The molecule has 0 radical (unpaired) electrons. The summed E-state index contributed by atoms with van der Waals surface area (Å²) < 4.78 is 13.4. The van der Waals surface area contributed by atoms with Crippen molar-refractivity contribution in [2.45, 2.75) is 20.0 Å². The van der Waals surface area contributed by atoms with Crippen LogP contribution in [-0.4, -0.2) is 46.4 Å². The van der Waals surface area contributed by atoms with Gasteiger partial charge in [-0.25, -0.2) is 0 Å². The molecule has 6 nitrogen and oxygen atoms in total. The summed E-state index contributed by atoms with van der Waals surface area (Å²) >= 11 is 0. The molecule has 23 heavy (non-hydrogen) atoms. The molecular formula is C17H21N3O3. The first-order valence-corrected chi connectivity index (χ1v) is 7.76. The number of rotatable bonds is 4. The van der Waals surface area contributed by atoms with Crippen LogP contribution in [0.1, 0.15) is 23.0 Å². The van der Waals surface area contributed by atoms with Crippen LogP contribution in [0, 0.1) is 6.92 Å². The molecule has 6 heteroatoms. The van der Waals surface area contributed by atoms with Crippen LogP contribution in [0.2, 0.25) is 0 Å². The molecule has 122 valence electrons. The van der Waals surface area contributed by atoms with Gasteiger partial charge in [0.15, 0.2) is 17.6 Å². The zero-order valence-corrected chi connectivity index (χ0v) is 13.7.